The van der Waals surface area contributed by atoms with Crippen LogP contribution < -0.4 is 10.2 Å². The zero-order valence-corrected chi connectivity index (χ0v) is 24.7. The molecule has 8 nitrogen and oxygen atoms in total. The Balaban J connectivity index is 1.38. The van der Waals surface area contributed by atoms with Crippen LogP contribution in [0.25, 0.3) is 44.7 Å². The average molecular weight is 560 g/mol. The van der Waals surface area contributed by atoms with Gasteiger partial charge >= 0.3 is 0 Å². The molecule has 2 fully saturated rings. The number of aromatic nitrogens is 4. The summed E-state index contributed by atoms with van der Waals surface area (Å²) in [7, 11) is 4.18. The number of epoxide rings is 1. The monoisotopic (exact) mass is 559 g/mol. The third kappa shape index (κ3) is 4.66. The Labute approximate surface area is 246 Å². The molecule has 0 saturated carbocycles. The van der Waals surface area contributed by atoms with Crippen molar-refractivity contribution >= 4 is 22.4 Å². The lowest BCUT2D eigenvalue weighted by atomic mass is 9.94. The molecule has 2 N–H and O–H groups in total. The zero-order valence-electron chi connectivity index (χ0n) is 24.7. The maximum Gasteiger partial charge on any atom is 0.181 e. The van der Waals surface area contributed by atoms with Gasteiger partial charge in [-0.2, -0.15) is 0 Å². The summed E-state index contributed by atoms with van der Waals surface area (Å²) in [5.74, 6) is 0. The van der Waals surface area contributed by atoms with Gasteiger partial charge in [-0.15, -0.1) is 0 Å². The first kappa shape index (κ1) is 26.5. The normalized spacial score (nSPS) is 18.9. The van der Waals surface area contributed by atoms with Crippen LogP contribution in [0.15, 0.2) is 73.8 Å². The summed E-state index contributed by atoms with van der Waals surface area (Å²) in [5, 5.41) is 4.67. The Hall–Kier alpha value is -4.40. The molecule has 214 valence electrons. The highest BCUT2D eigenvalue weighted by atomic mass is 16.6. The first-order chi connectivity index (χ1) is 20.3. The number of ether oxygens (including phenoxy) is 1. The molecule has 0 bridgehead atoms. The van der Waals surface area contributed by atoms with Crippen molar-refractivity contribution in [1.29, 1.82) is 0 Å². The second-order valence-electron chi connectivity index (χ2n) is 11.7. The van der Waals surface area contributed by atoms with Crippen LogP contribution in [0.5, 0.6) is 0 Å². The molecular weight excluding hydrogens is 522 g/mol. The van der Waals surface area contributed by atoms with E-state index in [2.05, 4.69) is 95.0 Å². The largest absolute Gasteiger partial charge is 0.369 e. The van der Waals surface area contributed by atoms with Crippen molar-refractivity contribution < 1.29 is 4.74 Å². The maximum atomic E-state index is 5.69. The number of pyridine rings is 1. The number of imidazole rings is 1. The Kier molecular flexibility index (Phi) is 6.40. The lowest BCUT2D eigenvalue weighted by Gasteiger charge is -2.34. The highest BCUT2D eigenvalue weighted by molar-refractivity contribution is 6.06. The number of likely N-dealkylation sites (N-methyl/N-ethyl adjacent to an activating group) is 1. The summed E-state index contributed by atoms with van der Waals surface area (Å²) in [4.78, 5) is 18.1. The molecule has 0 spiro atoms. The summed E-state index contributed by atoms with van der Waals surface area (Å²) in [6.07, 6.45) is 7.64. The van der Waals surface area contributed by atoms with E-state index in [0.717, 1.165) is 87.7 Å². The van der Waals surface area contributed by atoms with E-state index in [1.165, 1.54) is 5.69 Å². The van der Waals surface area contributed by atoms with Crippen molar-refractivity contribution in [2.75, 3.05) is 50.1 Å². The predicted octanol–water partition coefficient (Wildman–Crippen LogP) is 5.99. The van der Waals surface area contributed by atoms with Crippen LogP contribution in [0.2, 0.25) is 0 Å². The van der Waals surface area contributed by atoms with E-state index in [1.807, 2.05) is 36.4 Å². The second-order valence-corrected chi connectivity index (χ2v) is 11.7. The standard InChI is InChI=1S/C34H37N7O/c1-6-34(20-42-34)38-28-17-25(8-7-22(28)2)31-30-23(3)27(29-19-40(5)21-36-29)18-35-33(30)37-32(31)24-9-11-26(12-10-24)41-15-13-39(4)14-16-41/h6-12,17-19,21,38H,1,13-16,20H2,2-5H3,(H,35,37). The summed E-state index contributed by atoms with van der Waals surface area (Å²) < 4.78 is 7.66. The average Bonchev–Trinajstić information content (AvgIpc) is 3.46. The Morgan fingerprint density at radius 3 is 2.40 bits per heavy atom. The highest BCUT2D eigenvalue weighted by Gasteiger charge is 2.42. The number of aromatic amines is 1. The van der Waals surface area contributed by atoms with Crippen molar-refractivity contribution in [2.45, 2.75) is 19.6 Å². The topological polar surface area (TPSA) is 77.5 Å². The summed E-state index contributed by atoms with van der Waals surface area (Å²) >= 11 is 0. The van der Waals surface area contributed by atoms with Crippen molar-refractivity contribution in [1.82, 2.24) is 24.4 Å². The zero-order chi connectivity index (χ0) is 29.0. The van der Waals surface area contributed by atoms with Crippen LogP contribution in [-0.4, -0.2) is 70.0 Å². The first-order valence-corrected chi connectivity index (χ1v) is 14.5. The molecule has 2 aromatic carbocycles. The maximum absolute atomic E-state index is 5.69. The molecule has 2 saturated heterocycles. The fourth-order valence-electron chi connectivity index (χ4n) is 5.99. The Morgan fingerprint density at radius 2 is 1.74 bits per heavy atom. The summed E-state index contributed by atoms with van der Waals surface area (Å²) in [6, 6.07) is 15.5. The number of aryl methyl sites for hydroxylation is 3. The predicted molar refractivity (Wildman–Crippen MR) is 171 cm³/mol. The molecule has 2 aliphatic rings. The molecule has 1 unspecified atom stereocenters. The number of benzene rings is 2. The van der Waals surface area contributed by atoms with E-state index in [1.54, 1.807) is 0 Å². The SMILES string of the molecule is C=CC1(Nc2cc(-c3c(-c4ccc(N5CCN(C)CC5)cc4)[nH]c4ncc(-c5cn(C)cn5)c(C)c34)ccc2C)CO1. The third-order valence-corrected chi connectivity index (χ3v) is 8.74. The van der Waals surface area contributed by atoms with Crippen molar-refractivity contribution in [2.24, 2.45) is 7.05 Å². The second kappa shape index (κ2) is 10.2. The number of H-pyrrole nitrogens is 1. The lowest BCUT2D eigenvalue weighted by Crippen LogP contribution is -2.44. The van der Waals surface area contributed by atoms with Crippen LogP contribution in [0.1, 0.15) is 11.1 Å². The number of nitrogens with one attached hydrogen (secondary N) is 2. The molecule has 42 heavy (non-hydrogen) atoms. The van der Waals surface area contributed by atoms with E-state index in [9.17, 15) is 0 Å². The van der Waals surface area contributed by atoms with Gasteiger partial charge < -0.3 is 29.4 Å². The highest BCUT2D eigenvalue weighted by Crippen LogP contribution is 2.43. The van der Waals surface area contributed by atoms with Crippen LogP contribution in [0.3, 0.4) is 0 Å². The van der Waals surface area contributed by atoms with Gasteiger partial charge in [0.15, 0.2) is 5.72 Å². The van der Waals surface area contributed by atoms with Crippen LogP contribution in [-0.2, 0) is 11.8 Å². The summed E-state index contributed by atoms with van der Waals surface area (Å²) in [5.41, 5.74) is 11.3. The van der Waals surface area contributed by atoms with Gasteiger partial charge in [-0.05, 0) is 67.4 Å². The fourth-order valence-corrected chi connectivity index (χ4v) is 5.99. The van der Waals surface area contributed by atoms with Crippen molar-refractivity contribution in [3.8, 4) is 33.6 Å². The van der Waals surface area contributed by atoms with Gasteiger partial charge in [-0.1, -0.05) is 30.8 Å². The van der Waals surface area contributed by atoms with E-state index in [0.29, 0.717) is 6.61 Å². The fraction of sp³-hybridized carbons (Fsp3) is 0.294. The van der Waals surface area contributed by atoms with Gasteiger partial charge in [0.1, 0.15) is 12.3 Å². The van der Waals surface area contributed by atoms with Gasteiger partial charge in [-0.3, -0.25) is 0 Å². The minimum absolute atomic E-state index is 0.491. The van der Waals surface area contributed by atoms with Crippen LogP contribution >= 0.6 is 0 Å². The molecule has 5 heterocycles. The van der Waals surface area contributed by atoms with E-state index >= 15 is 0 Å². The number of hydrogen-bond donors (Lipinski definition) is 2. The Morgan fingerprint density at radius 1 is 1.00 bits per heavy atom. The molecule has 2 aliphatic heterocycles. The van der Waals surface area contributed by atoms with Gasteiger partial charge in [0, 0.05) is 73.5 Å². The molecule has 5 aromatic rings. The minimum atomic E-state index is -0.491. The molecule has 8 heteroatoms. The third-order valence-electron chi connectivity index (χ3n) is 8.74. The molecule has 3 aromatic heterocycles. The van der Waals surface area contributed by atoms with Gasteiger partial charge in [0.05, 0.1) is 17.7 Å². The first-order valence-electron chi connectivity index (χ1n) is 14.5. The molecular formula is C34H37N7O. The molecule has 7 rings (SSSR count). The molecule has 0 amide bonds. The molecule has 0 radical (unpaired) electrons. The number of hydrogen-bond acceptors (Lipinski definition) is 6. The Bertz CT molecular complexity index is 1790. The van der Waals surface area contributed by atoms with E-state index in [4.69, 9.17) is 9.72 Å². The number of rotatable bonds is 7. The van der Waals surface area contributed by atoms with Crippen LogP contribution in [0, 0.1) is 13.8 Å². The molecule has 1 atom stereocenters. The van der Waals surface area contributed by atoms with Gasteiger partial charge in [-0.25, -0.2) is 9.97 Å². The smallest absolute Gasteiger partial charge is 0.181 e. The lowest BCUT2D eigenvalue weighted by molar-refractivity contribution is 0.313. The minimum Gasteiger partial charge on any atom is -0.369 e. The van der Waals surface area contributed by atoms with Gasteiger partial charge in [0.25, 0.3) is 0 Å². The molecule has 0 aliphatic carbocycles. The van der Waals surface area contributed by atoms with Crippen molar-refractivity contribution in [3.05, 3.63) is 85.0 Å². The number of nitrogens with zero attached hydrogens (tertiary/aromatic N) is 5. The summed E-state index contributed by atoms with van der Waals surface area (Å²) in [6.45, 7) is 13.1. The number of anilines is 2. The quantitative estimate of drug-likeness (QED) is 0.188. The van der Waals surface area contributed by atoms with Crippen molar-refractivity contribution in [3.63, 3.8) is 0 Å². The van der Waals surface area contributed by atoms with Gasteiger partial charge in [0.2, 0.25) is 0 Å². The number of piperazine rings is 1. The van der Waals surface area contributed by atoms with E-state index in [-0.39, 0.29) is 0 Å². The number of fused-ring (bicyclic) bond motifs is 1. The van der Waals surface area contributed by atoms with Crippen LogP contribution in [0.4, 0.5) is 11.4 Å². The van der Waals surface area contributed by atoms with E-state index < -0.39 is 5.72 Å².